The highest BCUT2D eigenvalue weighted by atomic mass is 35.5. The zero-order chi connectivity index (χ0) is 18.5. The molecule has 8 heteroatoms. The van der Waals surface area contributed by atoms with Crippen molar-refractivity contribution in [3.8, 4) is 11.5 Å². The molecule has 6 nitrogen and oxygen atoms in total. The number of methoxy groups -OCH3 is 2. The number of aromatic nitrogens is 2. The van der Waals surface area contributed by atoms with E-state index in [1.807, 2.05) is 12.1 Å². The van der Waals surface area contributed by atoms with Crippen molar-refractivity contribution in [2.75, 3.05) is 24.9 Å². The maximum absolute atomic E-state index is 6.18. The Morgan fingerprint density at radius 1 is 0.808 bits per heavy atom. The van der Waals surface area contributed by atoms with Crippen molar-refractivity contribution >= 4 is 46.2 Å². The summed E-state index contributed by atoms with van der Waals surface area (Å²) in [6, 6.07) is 12.4. The smallest absolute Gasteiger partial charge is 0.146 e. The second kappa shape index (κ2) is 8.12. The standard InChI is InChI=1S/C18H16Cl2N4O2/c1-25-12-4-6-15(16(8-12)26-2)24-18-9-17(21-10-22-18)23-14-5-3-11(19)7-13(14)20/h3-10H,1-2H3,(H2,21,22,23,24). The summed E-state index contributed by atoms with van der Waals surface area (Å²) in [6.45, 7) is 0. The number of nitrogens with one attached hydrogen (secondary N) is 2. The molecule has 0 atom stereocenters. The van der Waals surface area contributed by atoms with Gasteiger partial charge in [-0.15, -0.1) is 0 Å². The van der Waals surface area contributed by atoms with Gasteiger partial charge >= 0.3 is 0 Å². The van der Waals surface area contributed by atoms with Crippen LogP contribution in [0.15, 0.2) is 48.8 Å². The quantitative estimate of drug-likeness (QED) is 0.595. The number of hydrogen-bond acceptors (Lipinski definition) is 6. The predicted octanol–water partition coefficient (Wildman–Crippen LogP) is 5.29. The molecular formula is C18H16Cl2N4O2. The molecule has 2 N–H and O–H groups in total. The van der Waals surface area contributed by atoms with E-state index in [0.29, 0.717) is 38.9 Å². The van der Waals surface area contributed by atoms with Gasteiger partial charge in [-0.1, -0.05) is 23.2 Å². The van der Waals surface area contributed by atoms with E-state index in [0.717, 1.165) is 5.69 Å². The monoisotopic (exact) mass is 390 g/mol. The zero-order valence-electron chi connectivity index (χ0n) is 14.1. The lowest BCUT2D eigenvalue weighted by molar-refractivity contribution is 0.395. The first kappa shape index (κ1) is 18.1. The third kappa shape index (κ3) is 4.28. The first-order valence-corrected chi connectivity index (χ1v) is 8.38. The highest BCUT2D eigenvalue weighted by molar-refractivity contribution is 6.36. The van der Waals surface area contributed by atoms with Crippen molar-refractivity contribution in [1.82, 2.24) is 9.97 Å². The number of rotatable bonds is 6. The third-order valence-electron chi connectivity index (χ3n) is 3.53. The molecule has 2 aromatic carbocycles. The molecule has 0 aliphatic rings. The fourth-order valence-electron chi connectivity index (χ4n) is 2.26. The van der Waals surface area contributed by atoms with Gasteiger partial charge in [0.15, 0.2) is 0 Å². The van der Waals surface area contributed by atoms with Crippen LogP contribution in [0.1, 0.15) is 0 Å². The molecule has 0 aliphatic carbocycles. The molecule has 0 unspecified atom stereocenters. The van der Waals surface area contributed by atoms with Crippen LogP contribution in [0, 0.1) is 0 Å². The lowest BCUT2D eigenvalue weighted by atomic mass is 10.2. The topological polar surface area (TPSA) is 68.3 Å². The van der Waals surface area contributed by atoms with Crippen LogP contribution in [0.2, 0.25) is 10.0 Å². The summed E-state index contributed by atoms with van der Waals surface area (Å²) in [5.74, 6) is 2.52. The molecule has 3 aromatic rings. The normalized spacial score (nSPS) is 10.3. The van der Waals surface area contributed by atoms with E-state index in [9.17, 15) is 0 Å². The van der Waals surface area contributed by atoms with Crippen LogP contribution in [0.4, 0.5) is 23.0 Å². The van der Waals surface area contributed by atoms with Gasteiger partial charge in [0.05, 0.1) is 30.6 Å². The first-order valence-electron chi connectivity index (χ1n) is 7.62. The largest absolute Gasteiger partial charge is 0.497 e. The molecular weight excluding hydrogens is 375 g/mol. The number of benzene rings is 2. The fourth-order valence-corrected chi connectivity index (χ4v) is 2.72. The van der Waals surface area contributed by atoms with Crippen molar-refractivity contribution in [2.45, 2.75) is 0 Å². The number of anilines is 4. The number of ether oxygens (including phenoxy) is 2. The molecule has 1 aromatic heterocycles. The number of halogens is 2. The minimum absolute atomic E-state index is 0.502. The summed E-state index contributed by atoms with van der Waals surface area (Å²) in [4.78, 5) is 8.43. The van der Waals surface area contributed by atoms with Crippen LogP contribution in [-0.4, -0.2) is 24.2 Å². The molecule has 0 fully saturated rings. The summed E-state index contributed by atoms with van der Waals surface area (Å²) in [6.07, 6.45) is 1.45. The van der Waals surface area contributed by atoms with E-state index in [4.69, 9.17) is 32.7 Å². The Morgan fingerprint density at radius 3 is 2.15 bits per heavy atom. The van der Waals surface area contributed by atoms with Gasteiger partial charge in [0.2, 0.25) is 0 Å². The minimum Gasteiger partial charge on any atom is -0.497 e. The van der Waals surface area contributed by atoms with Crippen LogP contribution < -0.4 is 20.1 Å². The van der Waals surface area contributed by atoms with Crippen LogP contribution in [-0.2, 0) is 0 Å². The third-order valence-corrected chi connectivity index (χ3v) is 4.08. The molecule has 26 heavy (non-hydrogen) atoms. The van der Waals surface area contributed by atoms with Crippen molar-refractivity contribution < 1.29 is 9.47 Å². The fraction of sp³-hybridized carbons (Fsp3) is 0.111. The predicted molar refractivity (Wildman–Crippen MR) is 105 cm³/mol. The Labute approximate surface area is 161 Å². The molecule has 0 amide bonds. The summed E-state index contributed by atoms with van der Waals surface area (Å²) < 4.78 is 10.6. The summed E-state index contributed by atoms with van der Waals surface area (Å²) >= 11 is 12.1. The lowest BCUT2D eigenvalue weighted by Gasteiger charge is -2.13. The van der Waals surface area contributed by atoms with E-state index in [1.54, 1.807) is 44.6 Å². The second-order valence-corrected chi connectivity index (χ2v) is 6.07. The zero-order valence-corrected chi connectivity index (χ0v) is 15.6. The van der Waals surface area contributed by atoms with Crippen LogP contribution in [0.3, 0.4) is 0 Å². The summed E-state index contributed by atoms with van der Waals surface area (Å²) in [5.41, 5.74) is 1.45. The number of nitrogens with zero attached hydrogens (tertiary/aromatic N) is 2. The minimum atomic E-state index is 0.502. The van der Waals surface area contributed by atoms with Crippen LogP contribution >= 0.6 is 23.2 Å². The average molecular weight is 391 g/mol. The Balaban J connectivity index is 1.81. The summed E-state index contributed by atoms with van der Waals surface area (Å²) in [7, 11) is 3.20. The van der Waals surface area contributed by atoms with E-state index in [-0.39, 0.29) is 0 Å². The molecule has 0 radical (unpaired) electrons. The Kier molecular flexibility index (Phi) is 5.65. The van der Waals surface area contributed by atoms with E-state index in [2.05, 4.69) is 20.6 Å². The maximum atomic E-state index is 6.18. The molecule has 0 saturated heterocycles. The van der Waals surface area contributed by atoms with E-state index in [1.165, 1.54) is 6.33 Å². The molecule has 0 aliphatic heterocycles. The van der Waals surface area contributed by atoms with Crippen LogP contribution in [0.25, 0.3) is 0 Å². The van der Waals surface area contributed by atoms with Crippen molar-refractivity contribution in [3.63, 3.8) is 0 Å². The van der Waals surface area contributed by atoms with Crippen molar-refractivity contribution in [1.29, 1.82) is 0 Å². The van der Waals surface area contributed by atoms with Crippen LogP contribution in [0.5, 0.6) is 11.5 Å². The second-order valence-electron chi connectivity index (χ2n) is 5.23. The average Bonchev–Trinajstić information content (AvgIpc) is 2.65. The van der Waals surface area contributed by atoms with Gasteiger partial charge < -0.3 is 20.1 Å². The Bertz CT molecular complexity index is 921. The van der Waals surface area contributed by atoms with Gasteiger partial charge in [-0.25, -0.2) is 9.97 Å². The van der Waals surface area contributed by atoms with Gasteiger partial charge in [0.1, 0.15) is 29.5 Å². The van der Waals surface area contributed by atoms with E-state index >= 15 is 0 Å². The van der Waals surface area contributed by atoms with Crippen molar-refractivity contribution in [3.05, 3.63) is 58.8 Å². The molecule has 134 valence electrons. The van der Waals surface area contributed by atoms with E-state index < -0.39 is 0 Å². The van der Waals surface area contributed by atoms with Gasteiger partial charge in [-0.2, -0.15) is 0 Å². The Hall–Kier alpha value is -2.70. The summed E-state index contributed by atoms with van der Waals surface area (Å²) in [5, 5.41) is 7.41. The molecule has 1 heterocycles. The molecule has 0 spiro atoms. The van der Waals surface area contributed by atoms with Crippen molar-refractivity contribution in [2.24, 2.45) is 0 Å². The van der Waals surface area contributed by atoms with Gasteiger partial charge in [-0.05, 0) is 30.3 Å². The first-order chi connectivity index (χ1) is 12.6. The molecule has 0 bridgehead atoms. The highest BCUT2D eigenvalue weighted by Crippen LogP contribution is 2.32. The van der Waals surface area contributed by atoms with Gasteiger partial charge in [0, 0.05) is 17.2 Å². The number of hydrogen-bond donors (Lipinski definition) is 2. The van der Waals surface area contributed by atoms with Gasteiger partial charge in [0.25, 0.3) is 0 Å². The highest BCUT2D eigenvalue weighted by Gasteiger charge is 2.08. The Morgan fingerprint density at radius 2 is 1.50 bits per heavy atom. The molecule has 0 saturated carbocycles. The maximum Gasteiger partial charge on any atom is 0.146 e. The van der Waals surface area contributed by atoms with Gasteiger partial charge in [-0.3, -0.25) is 0 Å². The molecule has 3 rings (SSSR count). The lowest BCUT2D eigenvalue weighted by Crippen LogP contribution is -2.00. The SMILES string of the molecule is COc1ccc(Nc2cc(Nc3ccc(Cl)cc3Cl)ncn2)c(OC)c1.